The Morgan fingerprint density at radius 3 is 2.52 bits per heavy atom. The van der Waals surface area contributed by atoms with Gasteiger partial charge in [-0.05, 0) is 48.7 Å². The second-order valence-corrected chi connectivity index (χ2v) is 7.92. The number of ether oxygens (including phenoxy) is 1. The van der Waals surface area contributed by atoms with Crippen LogP contribution >= 0.6 is 0 Å². The summed E-state index contributed by atoms with van der Waals surface area (Å²) < 4.78 is 5.67. The molecule has 0 saturated carbocycles. The molecule has 5 heteroatoms. The van der Waals surface area contributed by atoms with Gasteiger partial charge in [0.15, 0.2) is 0 Å². The third-order valence-corrected chi connectivity index (χ3v) is 6.19. The van der Waals surface area contributed by atoms with Gasteiger partial charge in [0.05, 0.1) is 13.2 Å². The number of para-hydroxylation sites is 2. The Morgan fingerprint density at radius 1 is 0.935 bits per heavy atom. The van der Waals surface area contributed by atoms with E-state index in [0.717, 1.165) is 41.1 Å². The summed E-state index contributed by atoms with van der Waals surface area (Å²) in [5.41, 5.74) is 4.66. The molecule has 0 N–H and O–H groups in total. The molecule has 1 atom stereocenters. The van der Waals surface area contributed by atoms with Crippen LogP contribution in [-0.4, -0.2) is 30.7 Å². The van der Waals surface area contributed by atoms with Crippen molar-refractivity contribution in [1.82, 2.24) is 9.97 Å². The largest absolute Gasteiger partial charge is 0.494 e. The molecule has 156 valence electrons. The van der Waals surface area contributed by atoms with Gasteiger partial charge in [-0.3, -0.25) is 0 Å². The van der Waals surface area contributed by atoms with Crippen molar-refractivity contribution in [2.45, 2.75) is 19.4 Å². The summed E-state index contributed by atoms with van der Waals surface area (Å²) in [7, 11) is 3.70. The molecule has 4 aromatic rings. The van der Waals surface area contributed by atoms with Crippen LogP contribution in [0.25, 0.3) is 10.9 Å². The van der Waals surface area contributed by atoms with E-state index in [0.29, 0.717) is 5.95 Å². The van der Waals surface area contributed by atoms with E-state index in [1.54, 1.807) is 7.11 Å². The van der Waals surface area contributed by atoms with Crippen molar-refractivity contribution in [2.75, 3.05) is 30.5 Å². The van der Waals surface area contributed by atoms with Crippen LogP contribution in [0.2, 0.25) is 0 Å². The fourth-order valence-electron chi connectivity index (χ4n) is 4.46. The van der Waals surface area contributed by atoms with Gasteiger partial charge in [0.2, 0.25) is 5.95 Å². The number of hydrogen-bond acceptors (Lipinski definition) is 5. The fraction of sp³-hybridized carbons (Fsp3) is 0.231. The Kier molecular flexibility index (Phi) is 4.94. The number of aromatic nitrogens is 2. The number of benzene rings is 3. The molecule has 0 amide bonds. The minimum Gasteiger partial charge on any atom is -0.494 e. The average molecular weight is 411 g/mol. The lowest BCUT2D eigenvalue weighted by molar-refractivity contribution is 0.419. The van der Waals surface area contributed by atoms with Crippen molar-refractivity contribution >= 4 is 28.4 Å². The highest BCUT2D eigenvalue weighted by Gasteiger charge is 2.27. The van der Waals surface area contributed by atoms with E-state index < -0.39 is 0 Å². The highest BCUT2D eigenvalue weighted by Crippen LogP contribution is 2.39. The van der Waals surface area contributed by atoms with Crippen molar-refractivity contribution in [3.63, 3.8) is 0 Å². The van der Waals surface area contributed by atoms with Crippen molar-refractivity contribution in [1.29, 1.82) is 0 Å². The molecule has 1 aliphatic rings. The number of nitrogens with zero attached hydrogens (tertiary/aromatic N) is 4. The van der Waals surface area contributed by atoms with E-state index in [4.69, 9.17) is 14.7 Å². The molecule has 0 fully saturated rings. The highest BCUT2D eigenvalue weighted by atomic mass is 16.5. The third kappa shape index (κ3) is 3.36. The maximum Gasteiger partial charge on any atom is 0.232 e. The maximum atomic E-state index is 5.67. The van der Waals surface area contributed by atoms with Gasteiger partial charge in [0, 0.05) is 24.7 Å². The van der Waals surface area contributed by atoms with Gasteiger partial charge in [0.25, 0.3) is 0 Å². The van der Waals surface area contributed by atoms with E-state index in [1.165, 1.54) is 11.1 Å². The zero-order valence-corrected chi connectivity index (χ0v) is 18.1. The Bertz CT molecular complexity index is 1220. The van der Waals surface area contributed by atoms with Gasteiger partial charge < -0.3 is 14.5 Å². The van der Waals surface area contributed by atoms with E-state index in [2.05, 4.69) is 54.3 Å². The minimum atomic E-state index is 0.226. The molecule has 0 spiro atoms. The van der Waals surface area contributed by atoms with Crippen molar-refractivity contribution < 1.29 is 4.74 Å². The number of methoxy groups -OCH3 is 1. The van der Waals surface area contributed by atoms with Crippen molar-refractivity contribution in [2.24, 2.45) is 0 Å². The summed E-state index contributed by atoms with van der Waals surface area (Å²) >= 11 is 0. The minimum absolute atomic E-state index is 0.226. The molecule has 5 rings (SSSR count). The van der Waals surface area contributed by atoms with E-state index in [1.807, 2.05) is 42.3 Å². The summed E-state index contributed by atoms with van der Waals surface area (Å²) in [6, 6.07) is 25.2. The highest BCUT2D eigenvalue weighted by molar-refractivity contribution is 5.95. The van der Waals surface area contributed by atoms with Gasteiger partial charge in [0.1, 0.15) is 17.1 Å². The Hall–Kier alpha value is -3.60. The first-order valence-electron chi connectivity index (χ1n) is 10.7. The van der Waals surface area contributed by atoms with Gasteiger partial charge in [-0.15, -0.1) is 0 Å². The molecule has 3 aromatic carbocycles. The zero-order valence-electron chi connectivity index (χ0n) is 18.1. The van der Waals surface area contributed by atoms with E-state index in [-0.39, 0.29) is 6.04 Å². The number of anilines is 3. The third-order valence-electron chi connectivity index (χ3n) is 6.19. The van der Waals surface area contributed by atoms with Crippen molar-refractivity contribution in [3.8, 4) is 5.75 Å². The summed E-state index contributed by atoms with van der Waals surface area (Å²) in [5, 5.41) is 1.01. The molecule has 0 bridgehead atoms. The summed E-state index contributed by atoms with van der Waals surface area (Å²) in [5.74, 6) is 2.36. The Morgan fingerprint density at radius 2 is 1.71 bits per heavy atom. The van der Waals surface area contributed by atoms with Gasteiger partial charge >= 0.3 is 0 Å². The molecule has 5 nitrogen and oxygen atoms in total. The monoisotopic (exact) mass is 410 g/mol. The molecule has 0 aliphatic carbocycles. The fourth-order valence-corrected chi connectivity index (χ4v) is 4.46. The lowest BCUT2D eigenvalue weighted by Gasteiger charge is -2.37. The molecular weight excluding hydrogens is 384 g/mol. The lowest BCUT2D eigenvalue weighted by atomic mass is 9.93. The normalized spacial score (nSPS) is 15.6. The molecule has 0 radical (unpaired) electrons. The topological polar surface area (TPSA) is 41.5 Å². The second-order valence-electron chi connectivity index (χ2n) is 7.92. The van der Waals surface area contributed by atoms with Crippen molar-refractivity contribution in [3.05, 3.63) is 83.9 Å². The maximum absolute atomic E-state index is 5.67. The van der Waals surface area contributed by atoms with Crippen LogP contribution < -0.4 is 14.5 Å². The molecule has 31 heavy (non-hydrogen) atoms. The van der Waals surface area contributed by atoms with Crippen LogP contribution in [0.1, 0.15) is 24.1 Å². The standard InChI is InChI=1S/C26H26N4O/c1-18-21-13-8-7-10-19(21)16-17-30(18)25-22-14-9-15-23(31-3)24(22)27-26(28-25)29(2)20-11-5-4-6-12-20/h4-15,18H,16-17H2,1-3H3. The van der Waals surface area contributed by atoms with Crippen LogP contribution in [0.4, 0.5) is 17.5 Å². The number of hydrogen-bond donors (Lipinski definition) is 0. The Balaban J connectivity index is 1.68. The summed E-state index contributed by atoms with van der Waals surface area (Å²) in [6.07, 6.45) is 1.000. The Labute approximate surface area is 182 Å². The van der Waals surface area contributed by atoms with Crippen LogP contribution in [0.3, 0.4) is 0 Å². The van der Waals surface area contributed by atoms with Gasteiger partial charge in [-0.2, -0.15) is 4.98 Å². The average Bonchev–Trinajstić information content (AvgIpc) is 2.83. The smallest absolute Gasteiger partial charge is 0.232 e. The second kappa shape index (κ2) is 7.91. The van der Waals surface area contributed by atoms with Crippen LogP contribution in [0.15, 0.2) is 72.8 Å². The van der Waals surface area contributed by atoms with Gasteiger partial charge in [-0.1, -0.05) is 48.5 Å². The van der Waals surface area contributed by atoms with Gasteiger partial charge in [-0.25, -0.2) is 4.98 Å². The molecule has 2 heterocycles. The number of rotatable bonds is 4. The molecular formula is C26H26N4O. The van der Waals surface area contributed by atoms with Crippen LogP contribution in [0.5, 0.6) is 5.75 Å². The molecule has 1 aromatic heterocycles. The first-order valence-corrected chi connectivity index (χ1v) is 10.7. The first-order chi connectivity index (χ1) is 15.2. The van der Waals surface area contributed by atoms with E-state index >= 15 is 0 Å². The lowest BCUT2D eigenvalue weighted by Crippen LogP contribution is -2.35. The van der Waals surface area contributed by atoms with Crippen LogP contribution in [-0.2, 0) is 6.42 Å². The first kappa shape index (κ1) is 19.4. The quantitative estimate of drug-likeness (QED) is 0.442. The van der Waals surface area contributed by atoms with E-state index in [9.17, 15) is 0 Å². The number of fused-ring (bicyclic) bond motifs is 2. The van der Waals surface area contributed by atoms with Crippen LogP contribution in [0, 0.1) is 0 Å². The summed E-state index contributed by atoms with van der Waals surface area (Å²) in [6.45, 7) is 3.17. The molecule has 1 aliphatic heterocycles. The predicted octanol–water partition coefficient (Wildman–Crippen LogP) is 5.53. The summed E-state index contributed by atoms with van der Waals surface area (Å²) in [4.78, 5) is 14.4. The SMILES string of the molecule is COc1cccc2c(N3CCc4ccccc4C3C)nc(N(C)c3ccccc3)nc12. The molecule has 1 unspecified atom stereocenters. The predicted molar refractivity (Wildman–Crippen MR) is 127 cm³/mol. The molecule has 0 saturated heterocycles. The zero-order chi connectivity index (χ0) is 21.4.